The minimum atomic E-state index is -4.07. The van der Waals surface area contributed by atoms with Gasteiger partial charge in [-0.25, -0.2) is 9.59 Å². The molecule has 0 aliphatic carbocycles. The highest BCUT2D eigenvalue weighted by Crippen LogP contribution is 2.28. The Morgan fingerprint density at radius 3 is 2.19 bits per heavy atom. The number of carbonyl (C=O) groups excluding carboxylic acids is 2. The first-order chi connectivity index (χ1) is 12.3. The zero-order chi connectivity index (χ0) is 21.3. The fourth-order valence-corrected chi connectivity index (χ4v) is 2.26. The minimum Gasteiger partial charge on any atom is -0.466 e. The second-order valence-corrected chi connectivity index (χ2v) is 7.32. The van der Waals surface area contributed by atoms with E-state index in [4.69, 9.17) is 21.1 Å². The van der Waals surface area contributed by atoms with Crippen LogP contribution in [0.4, 0.5) is 8.78 Å². The zero-order valence-corrected chi connectivity index (χ0v) is 17.5. The Morgan fingerprint density at radius 1 is 1.11 bits per heavy atom. The highest BCUT2D eigenvalue weighted by atomic mass is 35.5. The SMILES string of the molecule is COC(=O)/C=C(\C)CC/C=C(\C)CCC(OC(=O)C(F)(F)Cl)C(C)(C)OC. The molecule has 0 bridgehead atoms. The third-order valence-electron chi connectivity index (χ3n) is 4.18. The number of alkyl halides is 3. The molecule has 0 spiro atoms. The quantitative estimate of drug-likeness (QED) is 0.212. The van der Waals surface area contributed by atoms with Gasteiger partial charge in [0.2, 0.25) is 0 Å². The molecule has 1 atom stereocenters. The molecule has 0 fully saturated rings. The fourth-order valence-electron chi connectivity index (χ4n) is 2.22. The topological polar surface area (TPSA) is 61.8 Å². The third kappa shape index (κ3) is 10.4. The van der Waals surface area contributed by atoms with Gasteiger partial charge in [0.1, 0.15) is 6.10 Å². The summed E-state index contributed by atoms with van der Waals surface area (Å²) in [6.45, 7) is 7.03. The highest BCUT2D eigenvalue weighted by Gasteiger charge is 2.42. The van der Waals surface area contributed by atoms with Crippen LogP contribution in [0.25, 0.3) is 0 Å². The molecule has 0 aliphatic rings. The number of allylic oxidation sites excluding steroid dienone is 3. The molecule has 0 heterocycles. The zero-order valence-electron chi connectivity index (χ0n) is 16.7. The van der Waals surface area contributed by atoms with Crippen LogP contribution in [-0.2, 0) is 23.8 Å². The molecule has 0 N–H and O–H groups in total. The molecule has 0 aromatic carbocycles. The van der Waals surface area contributed by atoms with E-state index in [1.165, 1.54) is 20.3 Å². The molecule has 0 rings (SSSR count). The maximum atomic E-state index is 12.9. The average Bonchev–Trinajstić information content (AvgIpc) is 2.56. The van der Waals surface area contributed by atoms with E-state index in [0.29, 0.717) is 25.7 Å². The maximum Gasteiger partial charge on any atom is 0.417 e. The van der Waals surface area contributed by atoms with Gasteiger partial charge in [0.15, 0.2) is 0 Å². The number of hydrogen-bond acceptors (Lipinski definition) is 5. The normalized spacial score (nSPS) is 14.7. The molecule has 0 aliphatic heterocycles. The molecule has 27 heavy (non-hydrogen) atoms. The van der Waals surface area contributed by atoms with E-state index in [0.717, 1.165) is 11.1 Å². The van der Waals surface area contributed by atoms with Crippen LogP contribution in [-0.4, -0.2) is 43.2 Å². The van der Waals surface area contributed by atoms with Gasteiger partial charge in [-0.2, -0.15) is 8.78 Å². The summed E-state index contributed by atoms with van der Waals surface area (Å²) in [7, 11) is 2.74. The van der Waals surface area contributed by atoms with Crippen molar-refractivity contribution in [2.24, 2.45) is 0 Å². The Balaban J connectivity index is 4.79. The summed E-state index contributed by atoms with van der Waals surface area (Å²) in [6, 6.07) is 0. The van der Waals surface area contributed by atoms with E-state index in [9.17, 15) is 18.4 Å². The number of esters is 2. The Bertz CT molecular complexity index is 565. The molecular formula is C19H29ClF2O5. The van der Waals surface area contributed by atoms with Crippen molar-refractivity contribution in [3.05, 3.63) is 23.3 Å². The van der Waals surface area contributed by atoms with Crippen LogP contribution in [0, 0.1) is 0 Å². The summed E-state index contributed by atoms with van der Waals surface area (Å²) >= 11 is 4.73. The smallest absolute Gasteiger partial charge is 0.417 e. The molecule has 1 unspecified atom stereocenters. The second kappa shape index (κ2) is 11.4. The van der Waals surface area contributed by atoms with Gasteiger partial charge in [0, 0.05) is 13.2 Å². The van der Waals surface area contributed by atoms with Crippen molar-refractivity contribution in [1.82, 2.24) is 0 Å². The van der Waals surface area contributed by atoms with Crippen molar-refractivity contribution >= 4 is 23.5 Å². The van der Waals surface area contributed by atoms with Crippen LogP contribution in [0.2, 0.25) is 0 Å². The van der Waals surface area contributed by atoms with E-state index < -0.39 is 29.0 Å². The van der Waals surface area contributed by atoms with Gasteiger partial charge in [-0.05, 0) is 65.0 Å². The van der Waals surface area contributed by atoms with E-state index >= 15 is 0 Å². The lowest BCUT2D eigenvalue weighted by Gasteiger charge is -2.33. The predicted octanol–water partition coefficient (Wildman–Crippen LogP) is 4.78. The van der Waals surface area contributed by atoms with Crippen molar-refractivity contribution in [1.29, 1.82) is 0 Å². The Kier molecular flexibility index (Phi) is 10.8. The van der Waals surface area contributed by atoms with Crippen LogP contribution in [0.1, 0.15) is 53.4 Å². The van der Waals surface area contributed by atoms with Crippen LogP contribution < -0.4 is 0 Å². The lowest BCUT2D eigenvalue weighted by atomic mass is 9.94. The van der Waals surface area contributed by atoms with Crippen molar-refractivity contribution < 1.29 is 32.6 Å². The van der Waals surface area contributed by atoms with E-state index in [2.05, 4.69) is 4.74 Å². The number of methoxy groups -OCH3 is 2. The summed E-state index contributed by atoms with van der Waals surface area (Å²) in [4.78, 5) is 22.6. The van der Waals surface area contributed by atoms with Crippen molar-refractivity contribution in [3.63, 3.8) is 0 Å². The first-order valence-electron chi connectivity index (χ1n) is 8.57. The Morgan fingerprint density at radius 2 is 1.70 bits per heavy atom. The lowest BCUT2D eigenvalue weighted by Crippen LogP contribution is -2.43. The van der Waals surface area contributed by atoms with Crippen LogP contribution in [0.3, 0.4) is 0 Å². The number of halogens is 3. The molecule has 0 amide bonds. The highest BCUT2D eigenvalue weighted by molar-refractivity contribution is 6.31. The summed E-state index contributed by atoms with van der Waals surface area (Å²) in [5, 5.41) is -4.07. The molecule has 156 valence electrons. The van der Waals surface area contributed by atoms with Crippen molar-refractivity contribution in [2.75, 3.05) is 14.2 Å². The molecule has 0 saturated carbocycles. The van der Waals surface area contributed by atoms with Crippen LogP contribution in [0.15, 0.2) is 23.3 Å². The molecule has 0 aromatic rings. The first-order valence-corrected chi connectivity index (χ1v) is 8.95. The Hall–Kier alpha value is -1.47. The van der Waals surface area contributed by atoms with Gasteiger partial charge < -0.3 is 14.2 Å². The van der Waals surface area contributed by atoms with Gasteiger partial charge in [-0.1, -0.05) is 17.2 Å². The Labute approximate surface area is 164 Å². The lowest BCUT2D eigenvalue weighted by molar-refractivity contribution is -0.182. The van der Waals surface area contributed by atoms with Gasteiger partial charge >= 0.3 is 17.3 Å². The maximum absolute atomic E-state index is 12.9. The number of carbonyl (C=O) groups is 2. The average molecular weight is 411 g/mol. The van der Waals surface area contributed by atoms with E-state index in [1.807, 2.05) is 19.9 Å². The van der Waals surface area contributed by atoms with Gasteiger partial charge in [0.05, 0.1) is 12.7 Å². The van der Waals surface area contributed by atoms with E-state index in [1.54, 1.807) is 13.8 Å². The van der Waals surface area contributed by atoms with Crippen molar-refractivity contribution in [3.8, 4) is 0 Å². The molecule has 5 nitrogen and oxygen atoms in total. The van der Waals surface area contributed by atoms with E-state index in [-0.39, 0.29) is 0 Å². The predicted molar refractivity (Wildman–Crippen MR) is 99.8 cm³/mol. The van der Waals surface area contributed by atoms with Crippen LogP contribution >= 0.6 is 11.6 Å². The summed E-state index contributed by atoms with van der Waals surface area (Å²) < 4.78 is 40.6. The molecule has 0 saturated heterocycles. The third-order valence-corrected chi connectivity index (χ3v) is 4.33. The van der Waals surface area contributed by atoms with Gasteiger partial charge in [-0.3, -0.25) is 0 Å². The standard InChI is InChI=1S/C19H29ClF2O5/c1-13(8-7-9-14(2)12-16(23)25-5)10-11-15(18(3,4)26-6)27-17(24)19(20,21)22/h8,12,15H,7,9-11H2,1-6H3/b13-8+,14-12+. The number of hydrogen-bond donors (Lipinski definition) is 0. The van der Waals surface area contributed by atoms with Gasteiger partial charge in [-0.15, -0.1) is 0 Å². The largest absolute Gasteiger partial charge is 0.466 e. The second-order valence-electron chi connectivity index (χ2n) is 6.84. The van der Waals surface area contributed by atoms with Crippen LogP contribution in [0.5, 0.6) is 0 Å². The number of rotatable bonds is 11. The molecule has 0 radical (unpaired) electrons. The van der Waals surface area contributed by atoms with Gasteiger partial charge in [0.25, 0.3) is 0 Å². The fraction of sp³-hybridized carbons (Fsp3) is 0.684. The summed E-state index contributed by atoms with van der Waals surface area (Å²) in [5.74, 6) is -2.18. The van der Waals surface area contributed by atoms with Crippen molar-refractivity contribution in [2.45, 2.75) is 70.5 Å². The first kappa shape index (κ1) is 25.5. The molecular weight excluding hydrogens is 382 g/mol. The summed E-state index contributed by atoms with van der Waals surface area (Å²) in [6.07, 6.45) is 4.77. The number of ether oxygens (including phenoxy) is 3. The minimum absolute atomic E-state index is 0.304. The summed E-state index contributed by atoms with van der Waals surface area (Å²) in [5.41, 5.74) is 0.951. The molecule has 0 aromatic heterocycles. The molecule has 8 heteroatoms. The monoisotopic (exact) mass is 410 g/mol.